The molecule has 0 atom stereocenters. The Morgan fingerprint density at radius 1 is 1.44 bits per heavy atom. The van der Waals surface area contributed by atoms with E-state index in [-0.39, 0.29) is 12.9 Å². The number of fused-ring (bicyclic) bond motifs is 3. The first kappa shape index (κ1) is 9.08. The first-order valence-electron chi connectivity index (χ1n) is 4.83. The van der Waals surface area contributed by atoms with Crippen LogP contribution in [-0.2, 0) is 0 Å². The van der Waals surface area contributed by atoms with Crippen molar-refractivity contribution in [2.75, 3.05) is 0 Å². The van der Waals surface area contributed by atoms with E-state index in [0.29, 0.717) is 11.0 Å². The van der Waals surface area contributed by atoms with E-state index in [1.54, 1.807) is 12.1 Å². The van der Waals surface area contributed by atoms with Crippen molar-refractivity contribution in [1.82, 2.24) is 14.6 Å². The summed E-state index contributed by atoms with van der Waals surface area (Å²) in [6.45, 7) is 1.81. The molecule has 82 valence electrons. The molecule has 0 amide bonds. The summed E-state index contributed by atoms with van der Waals surface area (Å²) in [6, 6.07) is 6.11. The van der Waals surface area contributed by atoms with E-state index in [9.17, 15) is 9.18 Å². The second-order valence-corrected chi connectivity index (χ2v) is 3.70. The van der Waals surface area contributed by atoms with Gasteiger partial charge in [0.05, 0.1) is 16.7 Å². The van der Waals surface area contributed by atoms with Crippen LogP contribution in [0.25, 0.3) is 16.4 Å². The Morgan fingerprint density at radius 3 is 3.06 bits per heavy atom. The maximum Gasteiger partial charge on any atom is 0.347 e. The second-order valence-electron chi connectivity index (χ2n) is 3.70. The van der Waals surface area contributed by atoms with Crippen LogP contribution in [0.5, 0.6) is 0 Å². The smallest absolute Gasteiger partial charge is 0.305 e. The van der Waals surface area contributed by atoms with Gasteiger partial charge in [-0.15, -0.1) is 0 Å². The zero-order valence-corrected chi connectivity index (χ0v) is 8.49. The predicted octanol–water partition coefficient (Wildman–Crippen LogP) is 1.87. The molecule has 0 aliphatic rings. The number of halogens is 1. The highest BCUT2D eigenvalue weighted by atomic mass is 19.1. The van der Waals surface area contributed by atoms with E-state index in [1.807, 2.05) is 6.92 Å². The third kappa shape index (κ3) is 1.14. The van der Waals surface area contributed by atoms with Crippen LogP contribution < -0.4 is 5.69 Å². The SMILES string of the molecule is Cc1cc2c3ccc(F)cc3[nH]c(=O)n2n1.[HH]. The number of nitrogens with zero attached hydrogens (tertiary/aromatic N) is 2. The molecule has 3 rings (SSSR count). The minimum Gasteiger partial charge on any atom is -0.305 e. The summed E-state index contributed by atoms with van der Waals surface area (Å²) in [5.41, 5.74) is 1.57. The summed E-state index contributed by atoms with van der Waals surface area (Å²) in [5.74, 6) is -0.372. The van der Waals surface area contributed by atoms with Crippen LogP contribution in [0.1, 0.15) is 7.12 Å². The van der Waals surface area contributed by atoms with E-state index in [0.717, 1.165) is 11.1 Å². The predicted molar refractivity (Wildman–Crippen MR) is 60.1 cm³/mol. The van der Waals surface area contributed by atoms with Gasteiger partial charge >= 0.3 is 5.69 Å². The van der Waals surface area contributed by atoms with Crippen molar-refractivity contribution >= 4 is 16.4 Å². The number of hydrogen-bond acceptors (Lipinski definition) is 2. The Morgan fingerprint density at radius 2 is 2.25 bits per heavy atom. The van der Waals surface area contributed by atoms with Crippen molar-refractivity contribution in [2.45, 2.75) is 6.92 Å². The molecule has 2 heterocycles. The van der Waals surface area contributed by atoms with Crippen LogP contribution in [0.15, 0.2) is 29.1 Å². The van der Waals surface area contributed by atoms with Gasteiger partial charge < -0.3 is 4.98 Å². The number of hydrogen-bond donors (Lipinski definition) is 1. The molecule has 4 nitrogen and oxygen atoms in total. The summed E-state index contributed by atoms with van der Waals surface area (Å²) in [5, 5.41) is 4.84. The van der Waals surface area contributed by atoms with Crippen molar-refractivity contribution < 1.29 is 5.82 Å². The zero-order chi connectivity index (χ0) is 11.3. The molecule has 0 spiro atoms. The number of benzene rings is 1. The molecular formula is C11H10FN3O. The number of rotatable bonds is 0. The normalized spacial score (nSPS) is 11.4. The van der Waals surface area contributed by atoms with Crippen molar-refractivity contribution in [1.29, 1.82) is 0 Å². The Kier molecular flexibility index (Phi) is 1.65. The molecule has 0 bridgehead atoms. The summed E-state index contributed by atoms with van der Waals surface area (Å²) in [7, 11) is 0. The molecule has 1 N–H and O–H groups in total. The van der Waals surface area contributed by atoms with Crippen molar-refractivity contribution in [3.05, 3.63) is 46.3 Å². The lowest BCUT2D eigenvalue weighted by atomic mass is 10.2. The van der Waals surface area contributed by atoms with Gasteiger partial charge in [0.25, 0.3) is 0 Å². The van der Waals surface area contributed by atoms with Gasteiger partial charge in [-0.2, -0.15) is 9.61 Å². The Balaban J connectivity index is 0.00000108. The second kappa shape index (κ2) is 2.91. The van der Waals surface area contributed by atoms with E-state index >= 15 is 0 Å². The summed E-state index contributed by atoms with van der Waals surface area (Å²) in [4.78, 5) is 14.2. The first-order chi connectivity index (χ1) is 7.65. The van der Waals surface area contributed by atoms with Gasteiger partial charge in [-0.25, -0.2) is 9.18 Å². The van der Waals surface area contributed by atoms with E-state index < -0.39 is 0 Å². The van der Waals surface area contributed by atoms with Gasteiger partial charge in [-0.05, 0) is 31.2 Å². The number of aryl methyl sites for hydroxylation is 1. The molecule has 0 saturated carbocycles. The molecule has 5 heteroatoms. The van der Waals surface area contributed by atoms with Crippen molar-refractivity contribution in [2.24, 2.45) is 0 Å². The third-order valence-electron chi connectivity index (χ3n) is 2.52. The van der Waals surface area contributed by atoms with Crippen LogP contribution in [0.3, 0.4) is 0 Å². The lowest BCUT2D eigenvalue weighted by molar-refractivity contribution is 0.629. The van der Waals surface area contributed by atoms with Gasteiger partial charge in [0, 0.05) is 6.81 Å². The van der Waals surface area contributed by atoms with E-state index in [4.69, 9.17) is 0 Å². The molecule has 3 aromatic rings. The molecule has 0 radical (unpaired) electrons. The van der Waals surface area contributed by atoms with Crippen LogP contribution in [0.4, 0.5) is 4.39 Å². The lowest BCUT2D eigenvalue weighted by Crippen LogP contribution is -2.17. The Labute approximate surface area is 90.8 Å². The third-order valence-corrected chi connectivity index (χ3v) is 2.52. The number of aromatic nitrogens is 3. The average Bonchev–Trinajstić information content (AvgIpc) is 2.60. The van der Waals surface area contributed by atoms with Gasteiger partial charge in [0.2, 0.25) is 0 Å². The van der Waals surface area contributed by atoms with Crippen molar-refractivity contribution in [3.63, 3.8) is 0 Å². The van der Waals surface area contributed by atoms with E-state index in [1.165, 1.54) is 16.6 Å². The molecule has 0 saturated heterocycles. The topological polar surface area (TPSA) is 50.2 Å². The number of nitrogens with one attached hydrogen (secondary N) is 1. The summed E-state index contributed by atoms with van der Waals surface area (Å²) >= 11 is 0. The quantitative estimate of drug-likeness (QED) is 0.627. The van der Waals surface area contributed by atoms with Crippen LogP contribution >= 0.6 is 0 Å². The maximum absolute atomic E-state index is 13.0. The highest BCUT2D eigenvalue weighted by Gasteiger charge is 2.07. The minimum absolute atomic E-state index is 0. The van der Waals surface area contributed by atoms with Gasteiger partial charge in [-0.1, -0.05) is 0 Å². The van der Waals surface area contributed by atoms with Crippen LogP contribution in [0.2, 0.25) is 0 Å². The molecule has 16 heavy (non-hydrogen) atoms. The largest absolute Gasteiger partial charge is 0.347 e. The van der Waals surface area contributed by atoms with Gasteiger partial charge in [0.1, 0.15) is 5.82 Å². The van der Waals surface area contributed by atoms with E-state index in [2.05, 4.69) is 10.1 Å². The van der Waals surface area contributed by atoms with Crippen LogP contribution in [-0.4, -0.2) is 14.6 Å². The average molecular weight is 219 g/mol. The molecular weight excluding hydrogens is 209 g/mol. The first-order valence-corrected chi connectivity index (χ1v) is 4.83. The maximum atomic E-state index is 13.0. The summed E-state index contributed by atoms with van der Waals surface area (Å²) < 4.78 is 14.3. The monoisotopic (exact) mass is 219 g/mol. The van der Waals surface area contributed by atoms with Gasteiger partial charge in [0.15, 0.2) is 0 Å². The fraction of sp³-hybridized carbons (Fsp3) is 0.0909. The molecule has 0 aliphatic heterocycles. The molecule has 2 aromatic heterocycles. The Bertz CT molecular complexity index is 762. The molecule has 0 fully saturated rings. The Hall–Kier alpha value is -2.17. The van der Waals surface area contributed by atoms with Gasteiger partial charge in [-0.3, -0.25) is 0 Å². The molecule has 0 aliphatic carbocycles. The number of aromatic amines is 1. The summed E-state index contributed by atoms with van der Waals surface area (Å²) in [6.07, 6.45) is 0. The molecule has 0 unspecified atom stereocenters. The fourth-order valence-electron chi connectivity index (χ4n) is 1.86. The minimum atomic E-state index is -0.372. The fourth-order valence-corrected chi connectivity index (χ4v) is 1.86. The number of H-pyrrole nitrogens is 1. The van der Waals surface area contributed by atoms with Crippen molar-refractivity contribution in [3.8, 4) is 0 Å². The lowest BCUT2D eigenvalue weighted by Gasteiger charge is -1.99. The highest BCUT2D eigenvalue weighted by Crippen LogP contribution is 2.17. The standard InChI is InChI=1S/C11H8FN3O.H2/c1-6-4-10-8-3-2-7(12)5-9(8)13-11(16)15(10)14-6;/h2-5H,1H3,(H,13,16);1H. The van der Waals surface area contributed by atoms with Crippen LogP contribution in [0, 0.1) is 12.7 Å². The highest BCUT2D eigenvalue weighted by molar-refractivity contribution is 5.93. The zero-order valence-electron chi connectivity index (χ0n) is 8.49. The molecule has 1 aromatic carbocycles.